The summed E-state index contributed by atoms with van der Waals surface area (Å²) in [6.07, 6.45) is 11.9. The normalized spacial score (nSPS) is 36.6. The lowest BCUT2D eigenvalue weighted by Crippen LogP contribution is -2.51. The molecule has 39 heavy (non-hydrogen) atoms. The lowest BCUT2D eigenvalue weighted by Gasteiger charge is -2.58. The van der Waals surface area contributed by atoms with Gasteiger partial charge in [0.1, 0.15) is 17.0 Å². The van der Waals surface area contributed by atoms with Crippen molar-refractivity contribution in [3.05, 3.63) is 58.3 Å². The van der Waals surface area contributed by atoms with Crippen molar-refractivity contribution in [2.75, 3.05) is 6.61 Å². The summed E-state index contributed by atoms with van der Waals surface area (Å²) in [5, 5.41) is 10.3. The number of ether oxygens (including phenoxy) is 1. The number of allylic oxidation sites excluding steroid dienone is 1. The first kappa shape index (κ1) is 25.3. The van der Waals surface area contributed by atoms with Gasteiger partial charge in [0, 0.05) is 12.1 Å². The Morgan fingerprint density at radius 2 is 1.95 bits per heavy atom. The Bertz CT molecular complexity index is 1460. The lowest BCUT2D eigenvalue weighted by molar-refractivity contribution is -0.0591. The first-order valence-electron chi connectivity index (χ1n) is 15.1. The van der Waals surface area contributed by atoms with Gasteiger partial charge in [-0.2, -0.15) is 0 Å². The Labute approximate surface area is 231 Å². The van der Waals surface area contributed by atoms with Gasteiger partial charge in [-0.25, -0.2) is 4.98 Å². The van der Waals surface area contributed by atoms with Crippen LogP contribution in [0.15, 0.2) is 57.3 Å². The van der Waals surface area contributed by atoms with Gasteiger partial charge >= 0.3 is 0 Å². The molecular weight excluding hydrogens is 486 g/mol. The number of nitrogens with zero attached hydrogens (tertiary/aromatic N) is 1. The third kappa shape index (κ3) is 4.06. The number of hydrogen-bond acceptors (Lipinski definition) is 5. The van der Waals surface area contributed by atoms with Gasteiger partial charge in [-0.1, -0.05) is 32.4 Å². The van der Waals surface area contributed by atoms with Gasteiger partial charge in [-0.05, 0) is 116 Å². The molecule has 5 nitrogen and oxygen atoms in total. The maximum absolute atomic E-state index is 11.8. The van der Waals surface area contributed by atoms with Crippen molar-refractivity contribution in [1.29, 1.82) is 0 Å². The third-order valence-corrected chi connectivity index (χ3v) is 11.7. The molecule has 7 rings (SSSR count). The zero-order valence-electron chi connectivity index (χ0n) is 23.5. The first-order valence-corrected chi connectivity index (χ1v) is 15.1. The fourth-order valence-corrected chi connectivity index (χ4v) is 9.64. The van der Waals surface area contributed by atoms with Crippen molar-refractivity contribution in [2.24, 2.45) is 40.4 Å². The number of aliphatic hydroxyl groups excluding tert-OH is 1. The van der Waals surface area contributed by atoms with E-state index >= 15 is 0 Å². The van der Waals surface area contributed by atoms with E-state index in [2.05, 4.69) is 31.8 Å². The van der Waals surface area contributed by atoms with Crippen LogP contribution >= 0.6 is 0 Å². The maximum atomic E-state index is 11.8. The summed E-state index contributed by atoms with van der Waals surface area (Å²) in [5.41, 5.74) is 4.23. The van der Waals surface area contributed by atoms with Crippen LogP contribution in [0.1, 0.15) is 72.1 Å². The van der Waals surface area contributed by atoms with E-state index in [0.717, 1.165) is 48.3 Å². The van der Waals surface area contributed by atoms with Crippen LogP contribution in [-0.4, -0.2) is 22.8 Å². The van der Waals surface area contributed by atoms with Gasteiger partial charge in [0.25, 0.3) is 0 Å². The van der Waals surface area contributed by atoms with Crippen LogP contribution in [0.2, 0.25) is 0 Å². The number of aromatic nitrogens is 1. The summed E-state index contributed by atoms with van der Waals surface area (Å²) in [5.74, 6) is 4.78. The zero-order chi connectivity index (χ0) is 26.9. The molecule has 0 aromatic heterocycles. The predicted octanol–water partition coefficient (Wildman–Crippen LogP) is 7.25. The van der Waals surface area contributed by atoms with Crippen LogP contribution in [0.5, 0.6) is 5.75 Å². The van der Waals surface area contributed by atoms with Gasteiger partial charge in [-0.3, -0.25) is 4.79 Å². The second-order valence-electron chi connectivity index (χ2n) is 13.6. The van der Waals surface area contributed by atoms with Crippen molar-refractivity contribution in [2.45, 2.75) is 78.2 Å². The molecule has 8 atom stereocenters. The van der Waals surface area contributed by atoms with Crippen molar-refractivity contribution < 1.29 is 14.3 Å². The van der Waals surface area contributed by atoms with Crippen LogP contribution in [0, 0.1) is 40.4 Å². The quantitative estimate of drug-likeness (QED) is 0.286. The summed E-state index contributed by atoms with van der Waals surface area (Å²) < 4.78 is 12.4. The third-order valence-electron chi connectivity index (χ3n) is 11.7. The van der Waals surface area contributed by atoms with E-state index in [-0.39, 0.29) is 11.5 Å². The smallest absolute Gasteiger partial charge is 0.182 e. The van der Waals surface area contributed by atoms with E-state index in [0.29, 0.717) is 46.3 Å². The summed E-state index contributed by atoms with van der Waals surface area (Å²) in [4.78, 5) is 16.4. The maximum Gasteiger partial charge on any atom is 0.182 e. The van der Waals surface area contributed by atoms with Gasteiger partial charge in [-0.15, -0.1) is 0 Å². The molecule has 1 aromatic carbocycles. The second kappa shape index (κ2) is 9.19. The monoisotopic (exact) mass is 527 g/mol. The molecule has 0 unspecified atom stereocenters. The SMILES string of the molecule is C[C@H](COc1ccc2nc3ccc(=O)cc-3oc2c1)[C@H]1CC[C@H]2[C@@H]3CC=C4C[C@@H](O)CC[C@]4(C)[C@H]3CC[C@]12C. The zero-order valence-corrected chi connectivity index (χ0v) is 23.5. The van der Waals surface area contributed by atoms with Crippen LogP contribution in [0.3, 0.4) is 0 Å². The molecule has 0 spiro atoms. The molecule has 0 saturated heterocycles. The minimum atomic E-state index is -0.135. The summed E-state index contributed by atoms with van der Waals surface area (Å²) in [6.45, 7) is 8.17. The highest BCUT2D eigenvalue weighted by molar-refractivity contribution is 5.77. The van der Waals surface area contributed by atoms with Gasteiger partial charge in [0.15, 0.2) is 16.8 Å². The average Bonchev–Trinajstić information content (AvgIpc) is 3.28. The first-order chi connectivity index (χ1) is 18.7. The molecule has 5 aliphatic carbocycles. The van der Waals surface area contributed by atoms with E-state index < -0.39 is 0 Å². The number of fused-ring (bicyclic) bond motifs is 7. The topological polar surface area (TPSA) is 72.6 Å². The Balaban J connectivity index is 1.06. The fraction of sp³-hybridized carbons (Fsp3) is 0.588. The standard InChI is InChI=1S/C34H41NO4/c1-20(19-38-24-6-11-30-32(18-24)39-31-17-22(36)5-10-29(31)35-30)26-8-9-27-25-7-4-21-16-23(37)12-14-33(21,2)28(25)13-15-34(26,27)3/h4-6,10-11,17-18,20,23,25-28,37H,7-9,12-16,19H2,1-3H3/t20-,23+,25+,26-,27+,28+,33+,34-/m1/s1. The minimum absolute atomic E-state index is 0.0811. The van der Waals surface area contributed by atoms with Crippen LogP contribution in [0.4, 0.5) is 0 Å². The molecule has 0 bridgehead atoms. The summed E-state index contributed by atoms with van der Waals surface area (Å²) in [7, 11) is 0. The number of rotatable bonds is 4. The molecule has 1 aromatic rings. The van der Waals surface area contributed by atoms with E-state index in [1.54, 1.807) is 11.6 Å². The van der Waals surface area contributed by atoms with Crippen molar-refractivity contribution in [3.8, 4) is 17.2 Å². The van der Waals surface area contributed by atoms with E-state index in [1.807, 2.05) is 18.2 Å². The molecule has 6 aliphatic rings. The number of benzene rings is 2. The molecule has 0 amide bonds. The Morgan fingerprint density at radius 3 is 2.82 bits per heavy atom. The fourth-order valence-electron chi connectivity index (χ4n) is 9.64. The van der Waals surface area contributed by atoms with Crippen LogP contribution < -0.4 is 10.2 Å². The molecule has 1 N–H and O–H groups in total. The molecule has 0 radical (unpaired) electrons. The molecule has 3 saturated carbocycles. The molecule has 206 valence electrons. The summed E-state index contributed by atoms with van der Waals surface area (Å²) in [6, 6.07) is 10.5. The van der Waals surface area contributed by atoms with E-state index in [4.69, 9.17) is 9.15 Å². The van der Waals surface area contributed by atoms with Crippen LogP contribution in [0.25, 0.3) is 22.6 Å². The molecule has 5 heteroatoms. The van der Waals surface area contributed by atoms with Crippen molar-refractivity contribution in [3.63, 3.8) is 0 Å². The van der Waals surface area contributed by atoms with E-state index in [9.17, 15) is 9.90 Å². The molecule has 3 fully saturated rings. The molecule has 1 heterocycles. The highest BCUT2D eigenvalue weighted by Gasteiger charge is 2.59. The predicted molar refractivity (Wildman–Crippen MR) is 153 cm³/mol. The Morgan fingerprint density at radius 1 is 1.08 bits per heavy atom. The minimum Gasteiger partial charge on any atom is -0.493 e. The van der Waals surface area contributed by atoms with Crippen molar-refractivity contribution >= 4 is 11.1 Å². The van der Waals surface area contributed by atoms with Gasteiger partial charge in [0.2, 0.25) is 0 Å². The highest BCUT2D eigenvalue weighted by Crippen LogP contribution is 2.67. The van der Waals surface area contributed by atoms with Gasteiger partial charge < -0.3 is 14.3 Å². The number of hydrogen-bond donors (Lipinski definition) is 1. The molecular formula is C34H41NO4. The van der Waals surface area contributed by atoms with Gasteiger partial charge in [0.05, 0.1) is 12.7 Å². The Kier molecular flexibility index (Phi) is 5.97. The summed E-state index contributed by atoms with van der Waals surface area (Å²) >= 11 is 0. The lowest BCUT2D eigenvalue weighted by atomic mass is 9.47. The second-order valence-corrected chi connectivity index (χ2v) is 13.6. The largest absolute Gasteiger partial charge is 0.493 e. The van der Waals surface area contributed by atoms with E-state index in [1.165, 1.54) is 44.2 Å². The highest BCUT2D eigenvalue weighted by atomic mass is 16.5. The number of aliphatic hydroxyl groups is 1. The molecule has 1 aliphatic heterocycles. The van der Waals surface area contributed by atoms with Crippen LogP contribution in [-0.2, 0) is 0 Å². The van der Waals surface area contributed by atoms with Crippen molar-refractivity contribution in [1.82, 2.24) is 4.98 Å². The average molecular weight is 528 g/mol. The Hall–Kier alpha value is -2.66.